The Kier molecular flexibility index (Phi) is 5.40. The maximum atomic E-state index is 12.1. The largest absolute Gasteiger partial charge is 0.465 e. The fourth-order valence-electron chi connectivity index (χ4n) is 1.77. The number of benzene rings is 1. The van der Waals surface area contributed by atoms with Crippen molar-refractivity contribution in [3.8, 4) is 0 Å². The third kappa shape index (κ3) is 4.31. The fourth-order valence-corrected chi connectivity index (χ4v) is 4.48. The summed E-state index contributed by atoms with van der Waals surface area (Å²) in [6, 6.07) is 8.96. The van der Waals surface area contributed by atoms with Gasteiger partial charge in [0, 0.05) is 0 Å². The van der Waals surface area contributed by atoms with E-state index in [0.717, 1.165) is 11.3 Å². The van der Waals surface area contributed by atoms with Gasteiger partial charge < -0.3 is 10.1 Å². The fraction of sp³-hybridized carbons (Fsp3) is 0.143. The lowest BCUT2D eigenvalue weighted by atomic mass is 10.2. The highest BCUT2D eigenvalue weighted by Crippen LogP contribution is 2.26. The van der Waals surface area contributed by atoms with Gasteiger partial charge in [-0.05, 0) is 24.3 Å². The molecule has 0 bridgehead atoms. The molecule has 0 atom stereocenters. The number of carbonyl (C=O) groups is 2. The number of hydrogen-bond acceptors (Lipinski definition) is 6. The molecule has 0 aliphatic carbocycles. The number of nitrogens with one attached hydrogen (secondary N) is 1. The van der Waals surface area contributed by atoms with Gasteiger partial charge in [-0.15, -0.1) is 11.3 Å². The minimum absolute atomic E-state index is 0.0129. The Labute approximate surface area is 142 Å². The SMILES string of the molecule is COC(=O)c1ccccc1NC(=O)CS(=O)(=O)c1ccc(Cl)s1. The number of rotatable bonds is 5. The highest BCUT2D eigenvalue weighted by atomic mass is 35.5. The van der Waals surface area contributed by atoms with Crippen molar-refractivity contribution in [2.24, 2.45) is 0 Å². The van der Waals surface area contributed by atoms with Crippen molar-refractivity contribution in [1.82, 2.24) is 0 Å². The molecule has 6 nitrogen and oxygen atoms in total. The second-order valence-electron chi connectivity index (χ2n) is 4.40. The zero-order valence-electron chi connectivity index (χ0n) is 11.9. The van der Waals surface area contributed by atoms with Crippen LogP contribution in [-0.4, -0.2) is 33.2 Å². The number of anilines is 1. The monoisotopic (exact) mass is 373 g/mol. The molecule has 2 aromatic rings. The van der Waals surface area contributed by atoms with Crippen molar-refractivity contribution < 1.29 is 22.7 Å². The van der Waals surface area contributed by atoms with Crippen LogP contribution in [0.4, 0.5) is 5.69 Å². The number of amides is 1. The highest BCUT2D eigenvalue weighted by Gasteiger charge is 2.22. The van der Waals surface area contributed by atoms with Crippen LogP contribution < -0.4 is 5.32 Å². The van der Waals surface area contributed by atoms with Crippen molar-refractivity contribution in [1.29, 1.82) is 0 Å². The van der Waals surface area contributed by atoms with Gasteiger partial charge in [0.15, 0.2) is 9.84 Å². The van der Waals surface area contributed by atoms with Crippen LogP contribution in [0.2, 0.25) is 4.34 Å². The van der Waals surface area contributed by atoms with Gasteiger partial charge in [0.2, 0.25) is 5.91 Å². The molecule has 0 aliphatic rings. The van der Waals surface area contributed by atoms with E-state index in [1.807, 2.05) is 0 Å². The first kappa shape index (κ1) is 17.5. The number of thiophene rings is 1. The summed E-state index contributed by atoms with van der Waals surface area (Å²) in [6.45, 7) is 0. The average molecular weight is 374 g/mol. The Hall–Kier alpha value is -1.90. The van der Waals surface area contributed by atoms with Crippen molar-refractivity contribution in [3.63, 3.8) is 0 Å². The van der Waals surface area contributed by atoms with Crippen LogP contribution in [0.25, 0.3) is 0 Å². The van der Waals surface area contributed by atoms with E-state index >= 15 is 0 Å². The molecule has 2 rings (SSSR count). The van der Waals surface area contributed by atoms with Crippen LogP contribution >= 0.6 is 22.9 Å². The summed E-state index contributed by atoms with van der Waals surface area (Å²) in [5.74, 6) is -2.14. The molecule has 0 radical (unpaired) electrons. The quantitative estimate of drug-likeness (QED) is 0.813. The van der Waals surface area contributed by atoms with Gasteiger partial charge in [-0.3, -0.25) is 4.79 Å². The molecule has 9 heteroatoms. The molecule has 0 aliphatic heterocycles. The summed E-state index contributed by atoms with van der Waals surface area (Å²) < 4.78 is 29.2. The van der Waals surface area contributed by atoms with Gasteiger partial charge in [-0.25, -0.2) is 13.2 Å². The average Bonchev–Trinajstić information content (AvgIpc) is 2.94. The van der Waals surface area contributed by atoms with Crippen molar-refractivity contribution in [2.45, 2.75) is 4.21 Å². The molecule has 23 heavy (non-hydrogen) atoms. The highest BCUT2D eigenvalue weighted by molar-refractivity contribution is 7.94. The first-order valence-corrected chi connectivity index (χ1v) is 9.13. The number of carbonyl (C=O) groups excluding carboxylic acids is 2. The molecule has 0 fully saturated rings. The zero-order chi connectivity index (χ0) is 17.0. The molecular formula is C14H12ClNO5S2. The molecule has 0 spiro atoms. The maximum Gasteiger partial charge on any atom is 0.339 e. The zero-order valence-corrected chi connectivity index (χ0v) is 14.3. The Balaban J connectivity index is 2.16. The number of ether oxygens (including phenoxy) is 1. The Morgan fingerprint density at radius 1 is 1.22 bits per heavy atom. The molecular weight excluding hydrogens is 362 g/mol. The number of halogens is 1. The topological polar surface area (TPSA) is 89.5 Å². The summed E-state index contributed by atoms with van der Waals surface area (Å²) >= 11 is 6.58. The van der Waals surface area contributed by atoms with Crippen LogP contribution in [0.5, 0.6) is 0 Å². The van der Waals surface area contributed by atoms with Crippen LogP contribution in [0.3, 0.4) is 0 Å². The van der Waals surface area contributed by atoms with Crippen molar-refractivity contribution >= 4 is 50.3 Å². The van der Waals surface area contributed by atoms with E-state index in [2.05, 4.69) is 10.1 Å². The summed E-state index contributed by atoms with van der Waals surface area (Å²) in [5, 5.41) is 2.41. The number of sulfone groups is 1. The molecule has 0 saturated carbocycles. The summed E-state index contributed by atoms with van der Waals surface area (Å²) in [6.07, 6.45) is 0. The second-order valence-corrected chi connectivity index (χ2v) is 8.33. The number of esters is 1. The van der Waals surface area contributed by atoms with Gasteiger partial charge in [0.1, 0.15) is 9.96 Å². The van der Waals surface area contributed by atoms with Crippen molar-refractivity contribution in [2.75, 3.05) is 18.2 Å². The van der Waals surface area contributed by atoms with Gasteiger partial charge in [0.25, 0.3) is 0 Å². The van der Waals surface area contributed by atoms with Crippen LogP contribution in [0.15, 0.2) is 40.6 Å². The van der Waals surface area contributed by atoms with E-state index in [-0.39, 0.29) is 15.5 Å². The van der Waals surface area contributed by atoms with E-state index < -0.39 is 27.5 Å². The third-order valence-corrected chi connectivity index (χ3v) is 6.21. The van der Waals surface area contributed by atoms with Crippen LogP contribution in [0, 0.1) is 0 Å². The van der Waals surface area contributed by atoms with E-state index in [4.69, 9.17) is 11.6 Å². The lowest BCUT2D eigenvalue weighted by molar-refractivity contribution is -0.113. The Morgan fingerprint density at radius 2 is 1.91 bits per heavy atom. The van der Waals surface area contributed by atoms with E-state index in [9.17, 15) is 18.0 Å². The normalized spacial score (nSPS) is 11.0. The first-order chi connectivity index (χ1) is 10.8. The molecule has 1 aromatic heterocycles. The molecule has 1 N–H and O–H groups in total. The van der Waals surface area contributed by atoms with Gasteiger partial charge in [-0.2, -0.15) is 0 Å². The molecule has 1 heterocycles. The van der Waals surface area contributed by atoms with Crippen LogP contribution in [0.1, 0.15) is 10.4 Å². The van der Waals surface area contributed by atoms with Crippen molar-refractivity contribution in [3.05, 3.63) is 46.3 Å². The smallest absolute Gasteiger partial charge is 0.339 e. The van der Waals surface area contributed by atoms with Gasteiger partial charge in [0.05, 0.1) is 22.7 Å². The van der Waals surface area contributed by atoms with E-state index in [1.165, 1.54) is 31.4 Å². The summed E-state index contributed by atoms with van der Waals surface area (Å²) in [5.41, 5.74) is 0.323. The standard InChI is InChI=1S/C14H12ClNO5S2/c1-21-14(18)9-4-2-3-5-10(9)16-12(17)8-23(19,20)13-7-6-11(15)22-13/h2-7H,8H2,1H3,(H,16,17). The van der Waals surface area contributed by atoms with E-state index in [0.29, 0.717) is 4.34 Å². The molecule has 1 aromatic carbocycles. The molecule has 122 valence electrons. The maximum absolute atomic E-state index is 12.1. The lowest BCUT2D eigenvalue weighted by Crippen LogP contribution is -2.23. The summed E-state index contributed by atoms with van der Waals surface area (Å²) in [4.78, 5) is 23.6. The number of hydrogen-bond donors (Lipinski definition) is 1. The lowest BCUT2D eigenvalue weighted by Gasteiger charge is -2.09. The van der Waals surface area contributed by atoms with Crippen LogP contribution in [-0.2, 0) is 19.4 Å². The first-order valence-electron chi connectivity index (χ1n) is 6.29. The summed E-state index contributed by atoms with van der Waals surface area (Å²) in [7, 11) is -2.58. The Bertz CT molecular complexity index is 844. The predicted molar refractivity (Wildman–Crippen MR) is 87.8 cm³/mol. The minimum atomic E-state index is -3.79. The third-order valence-electron chi connectivity index (χ3n) is 2.78. The molecule has 1 amide bonds. The number of methoxy groups -OCH3 is 1. The Morgan fingerprint density at radius 3 is 2.52 bits per heavy atom. The van der Waals surface area contributed by atoms with Gasteiger partial charge in [-0.1, -0.05) is 23.7 Å². The second kappa shape index (κ2) is 7.12. The number of para-hydroxylation sites is 1. The predicted octanol–water partition coefficient (Wildman–Crippen LogP) is 2.60. The minimum Gasteiger partial charge on any atom is -0.465 e. The van der Waals surface area contributed by atoms with E-state index in [1.54, 1.807) is 12.1 Å². The van der Waals surface area contributed by atoms with Gasteiger partial charge >= 0.3 is 5.97 Å². The molecule has 0 unspecified atom stereocenters. The molecule has 0 saturated heterocycles.